The summed E-state index contributed by atoms with van der Waals surface area (Å²) >= 11 is 9.78. The highest BCUT2D eigenvalue weighted by Crippen LogP contribution is 2.49. The van der Waals surface area contributed by atoms with E-state index < -0.39 is 0 Å². The van der Waals surface area contributed by atoms with Gasteiger partial charge in [-0.1, -0.05) is 23.7 Å². The smallest absolute Gasteiger partial charge is 0.261 e. The number of amides is 1. The number of anilines is 1. The Hall–Kier alpha value is -2.31. The molecular weight excluding hydrogens is 454 g/mol. The zero-order chi connectivity index (χ0) is 20.4. The number of hydrogen-bond acceptors (Lipinski definition) is 2. The van der Waals surface area contributed by atoms with Crippen molar-refractivity contribution < 1.29 is 4.79 Å². The Labute approximate surface area is 181 Å². The van der Waals surface area contributed by atoms with Gasteiger partial charge in [0.05, 0.1) is 21.5 Å². The fourth-order valence-corrected chi connectivity index (χ4v) is 5.07. The van der Waals surface area contributed by atoms with Gasteiger partial charge in [0.15, 0.2) is 0 Å². The maximum atomic E-state index is 13.5. The van der Waals surface area contributed by atoms with Crippen LogP contribution in [0.2, 0.25) is 5.02 Å². The van der Waals surface area contributed by atoms with Crippen molar-refractivity contribution in [2.45, 2.75) is 31.8 Å². The van der Waals surface area contributed by atoms with E-state index >= 15 is 0 Å². The summed E-state index contributed by atoms with van der Waals surface area (Å²) < 4.78 is 4.72. The Kier molecular flexibility index (Phi) is 4.26. The van der Waals surface area contributed by atoms with E-state index in [0.29, 0.717) is 27.9 Å². The lowest BCUT2D eigenvalue weighted by atomic mass is 10.0. The third-order valence-electron chi connectivity index (χ3n) is 5.72. The van der Waals surface area contributed by atoms with Crippen LogP contribution in [0.1, 0.15) is 52.1 Å². The van der Waals surface area contributed by atoms with E-state index in [1.807, 2.05) is 30.3 Å². The van der Waals surface area contributed by atoms with Gasteiger partial charge in [0.25, 0.3) is 11.5 Å². The highest BCUT2D eigenvalue weighted by atomic mass is 79.9. The second-order valence-electron chi connectivity index (χ2n) is 7.79. The fraction of sp³-hybridized carbons (Fsp3) is 0.273. The Morgan fingerprint density at radius 2 is 1.79 bits per heavy atom. The number of aromatic nitrogens is 2. The first-order chi connectivity index (χ1) is 13.9. The zero-order valence-electron chi connectivity index (χ0n) is 16.0. The predicted octanol–water partition coefficient (Wildman–Crippen LogP) is 5.00. The Morgan fingerprint density at radius 1 is 1.10 bits per heavy atom. The molecule has 0 radical (unpaired) electrons. The average molecular weight is 473 g/mol. The van der Waals surface area contributed by atoms with Crippen molar-refractivity contribution in [3.63, 3.8) is 0 Å². The largest absolute Gasteiger partial charge is 0.333 e. The lowest BCUT2D eigenvalue weighted by molar-refractivity contribution is 0.0993. The van der Waals surface area contributed by atoms with Gasteiger partial charge in [-0.3, -0.25) is 14.5 Å². The van der Waals surface area contributed by atoms with E-state index in [4.69, 9.17) is 11.6 Å². The molecule has 1 unspecified atom stereocenters. The standard InChI is InChI=1S/C22H19BrClN3O2/c1-12-9-16(11-25(2)21(12)28)27-19(13-3-5-14(24)6-4-13)20-17(22(27)29)10-18(23)26(20)15-7-8-15/h3-6,9-11,15,19H,7-8H2,1-2H3. The van der Waals surface area contributed by atoms with Crippen LogP contribution >= 0.6 is 27.5 Å². The second-order valence-corrected chi connectivity index (χ2v) is 9.04. The molecule has 1 aromatic carbocycles. The maximum absolute atomic E-state index is 13.5. The highest BCUT2D eigenvalue weighted by Gasteiger charge is 2.45. The summed E-state index contributed by atoms with van der Waals surface area (Å²) in [7, 11) is 1.71. The van der Waals surface area contributed by atoms with Crippen LogP contribution in [-0.4, -0.2) is 15.0 Å². The molecule has 1 fully saturated rings. The lowest BCUT2D eigenvalue weighted by Gasteiger charge is -2.28. The van der Waals surface area contributed by atoms with Crippen LogP contribution in [0.5, 0.6) is 0 Å². The minimum absolute atomic E-state index is 0.0573. The van der Waals surface area contributed by atoms with Gasteiger partial charge < -0.3 is 9.13 Å². The number of rotatable bonds is 3. The molecule has 0 N–H and O–H groups in total. The first-order valence-electron chi connectivity index (χ1n) is 9.53. The molecule has 0 saturated heterocycles. The van der Waals surface area contributed by atoms with Crippen LogP contribution in [0.25, 0.3) is 0 Å². The van der Waals surface area contributed by atoms with Crippen molar-refractivity contribution in [3.05, 3.63) is 85.0 Å². The number of benzene rings is 1. The van der Waals surface area contributed by atoms with Crippen LogP contribution in [0.4, 0.5) is 5.69 Å². The molecule has 3 aromatic rings. The predicted molar refractivity (Wildman–Crippen MR) is 117 cm³/mol. The zero-order valence-corrected chi connectivity index (χ0v) is 18.4. The first kappa shape index (κ1) is 18.7. The molecule has 148 valence electrons. The third kappa shape index (κ3) is 2.89. The molecule has 1 amide bonds. The Morgan fingerprint density at radius 3 is 2.41 bits per heavy atom. The van der Waals surface area contributed by atoms with E-state index in [2.05, 4.69) is 20.5 Å². The van der Waals surface area contributed by atoms with E-state index in [0.717, 1.165) is 28.7 Å². The SMILES string of the molecule is Cc1cc(N2C(=O)c3cc(Br)n(C4CC4)c3C2c2ccc(Cl)cc2)cn(C)c1=O. The molecule has 2 aromatic heterocycles. The molecule has 3 heterocycles. The van der Waals surface area contributed by atoms with Crippen molar-refractivity contribution in [2.24, 2.45) is 7.05 Å². The minimum Gasteiger partial charge on any atom is -0.333 e. The summed E-state index contributed by atoms with van der Waals surface area (Å²) in [5.41, 5.74) is 3.94. The Balaban J connectivity index is 1.75. The van der Waals surface area contributed by atoms with Crippen molar-refractivity contribution in [1.29, 1.82) is 0 Å². The molecule has 1 atom stereocenters. The van der Waals surface area contributed by atoms with Gasteiger partial charge >= 0.3 is 0 Å². The summed E-state index contributed by atoms with van der Waals surface area (Å²) in [6.45, 7) is 1.78. The normalized spacial score (nSPS) is 18.4. The fourth-order valence-electron chi connectivity index (χ4n) is 4.24. The van der Waals surface area contributed by atoms with Crippen LogP contribution in [0.3, 0.4) is 0 Å². The molecule has 0 spiro atoms. The molecule has 5 nitrogen and oxygen atoms in total. The summed E-state index contributed by atoms with van der Waals surface area (Å²) in [5, 5.41) is 0.654. The number of hydrogen-bond donors (Lipinski definition) is 0. The van der Waals surface area contributed by atoms with Crippen molar-refractivity contribution in [3.8, 4) is 0 Å². The van der Waals surface area contributed by atoms with Crippen LogP contribution in [0, 0.1) is 6.92 Å². The monoisotopic (exact) mass is 471 g/mol. The number of carbonyl (C=O) groups is 1. The van der Waals surface area contributed by atoms with E-state index in [1.165, 1.54) is 4.57 Å². The van der Waals surface area contributed by atoms with Crippen LogP contribution < -0.4 is 10.5 Å². The van der Waals surface area contributed by atoms with Gasteiger partial charge in [-0.2, -0.15) is 0 Å². The van der Waals surface area contributed by atoms with Crippen molar-refractivity contribution in [2.75, 3.05) is 4.90 Å². The van der Waals surface area contributed by atoms with E-state index in [-0.39, 0.29) is 17.5 Å². The number of aryl methyl sites for hydroxylation is 2. The van der Waals surface area contributed by atoms with Gasteiger partial charge in [0, 0.05) is 29.9 Å². The van der Waals surface area contributed by atoms with E-state index in [1.54, 1.807) is 31.1 Å². The third-order valence-corrected chi connectivity index (χ3v) is 6.58. The molecule has 2 aliphatic rings. The molecule has 1 aliphatic heterocycles. The number of fused-ring (bicyclic) bond motifs is 1. The van der Waals surface area contributed by atoms with Gasteiger partial charge in [0.2, 0.25) is 0 Å². The molecule has 5 rings (SSSR count). The topological polar surface area (TPSA) is 47.2 Å². The molecule has 29 heavy (non-hydrogen) atoms. The molecular formula is C22H19BrClN3O2. The summed E-state index contributed by atoms with van der Waals surface area (Å²) in [6.07, 6.45) is 3.96. The lowest BCUT2D eigenvalue weighted by Crippen LogP contribution is -2.31. The highest BCUT2D eigenvalue weighted by molar-refractivity contribution is 9.10. The van der Waals surface area contributed by atoms with Gasteiger partial charge in [-0.05, 0) is 65.5 Å². The number of nitrogens with zero attached hydrogens (tertiary/aromatic N) is 3. The van der Waals surface area contributed by atoms with Crippen LogP contribution in [0.15, 0.2) is 52.0 Å². The molecule has 7 heteroatoms. The van der Waals surface area contributed by atoms with Crippen molar-refractivity contribution >= 4 is 39.1 Å². The quantitative estimate of drug-likeness (QED) is 0.539. The summed E-state index contributed by atoms with van der Waals surface area (Å²) in [4.78, 5) is 27.5. The van der Waals surface area contributed by atoms with Gasteiger partial charge in [-0.15, -0.1) is 0 Å². The Bertz CT molecular complexity index is 1180. The van der Waals surface area contributed by atoms with Gasteiger partial charge in [0.1, 0.15) is 6.04 Å². The summed E-state index contributed by atoms with van der Waals surface area (Å²) in [5.74, 6) is -0.0573. The molecule has 0 bridgehead atoms. The second kappa shape index (κ2) is 6.61. The van der Waals surface area contributed by atoms with Crippen molar-refractivity contribution in [1.82, 2.24) is 9.13 Å². The number of halogens is 2. The molecule has 1 saturated carbocycles. The molecule has 1 aliphatic carbocycles. The van der Waals surface area contributed by atoms with Gasteiger partial charge in [-0.25, -0.2) is 0 Å². The number of carbonyl (C=O) groups excluding carboxylic acids is 1. The average Bonchev–Trinajstić information content (AvgIpc) is 3.40. The van der Waals surface area contributed by atoms with Crippen LogP contribution in [-0.2, 0) is 7.05 Å². The maximum Gasteiger partial charge on any atom is 0.261 e. The minimum atomic E-state index is -0.279. The number of pyridine rings is 1. The summed E-state index contributed by atoms with van der Waals surface area (Å²) in [6, 6.07) is 11.5. The van der Waals surface area contributed by atoms with E-state index in [9.17, 15) is 9.59 Å². The first-order valence-corrected chi connectivity index (χ1v) is 10.7.